The maximum absolute atomic E-state index is 12.5. The number of likely N-dealkylation sites (tertiary alicyclic amines) is 1. The van der Waals surface area contributed by atoms with Gasteiger partial charge in [-0.1, -0.05) is 0 Å². The van der Waals surface area contributed by atoms with E-state index >= 15 is 0 Å². The number of piperidine rings is 1. The van der Waals surface area contributed by atoms with Gasteiger partial charge >= 0.3 is 0 Å². The number of carbonyl (C=O) groups is 1. The number of aryl methyl sites for hydroxylation is 1. The van der Waals surface area contributed by atoms with Gasteiger partial charge in [-0.25, -0.2) is 0 Å². The fraction of sp³-hybridized carbons (Fsp3) is 0.688. The molecule has 2 aliphatic rings. The van der Waals surface area contributed by atoms with E-state index in [1.54, 1.807) is 11.3 Å². The summed E-state index contributed by atoms with van der Waals surface area (Å²) in [4.78, 5) is 16.3. The van der Waals surface area contributed by atoms with Crippen LogP contribution < -0.4 is 10.6 Å². The van der Waals surface area contributed by atoms with Crippen LogP contribution in [-0.2, 0) is 11.3 Å². The molecule has 2 saturated heterocycles. The van der Waals surface area contributed by atoms with Crippen molar-refractivity contribution in [2.75, 3.05) is 19.6 Å². The minimum atomic E-state index is 0.0911. The van der Waals surface area contributed by atoms with Crippen molar-refractivity contribution >= 4 is 17.2 Å². The molecule has 2 fully saturated rings. The van der Waals surface area contributed by atoms with Crippen molar-refractivity contribution < 1.29 is 4.79 Å². The summed E-state index contributed by atoms with van der Waals surface area (Å²) in [5.74, 6) is 0.221. The molecule has 1 unspecified atom stereocenters. The summed E-state index contributed by atoms with van der Waals surface area (Å²) in [6.07, 6.45) is 4.51. The second-order valence-electron chi connectivity index (χ2n) is 6.12. The van der Waals surface area contributed by atoms with Crippen LogP contribution in [-0.4, -0.2) is 42.5 Å². The lowest BCUT2D eigenvalue weighted by Crippen LogP contribution is -2.50. The van der Waals surface area contributed by atoms with Gasteiger partial charge in [0.1, 0.15) is 0 Å². The molecule has 1 aromatic heterocycles. The van der Waals surface area contributed by atoms with Crippen molar-refractivity contribution in [3.05, 3.63) is 21.9 Å². The molecule has 116 valence electrons. The first kappa shape index (κ1) is 15.0. The Morgan fingerprint density at radius 2 is 2.24 bits per heavy atom. The van der Waals surface area contributed by atoms with Gasteiger partial charge in [-0.15, -0.1) is 11.3 Å². The Hall–Kier alpha value is -0.910. The number of hydrogen-bond donors (Lipinski definition) is 2. The summed E-state index contributed by atoms with van der Waals surface area (Å²) in [5, 5.41) is 8.65. The Labute approximate surface area is 130 Å². The third-order valence-corrected chi connectivity index (χ3v) is 5.79. The van der Waals surface area contributed by atoms with E-state index in [0.29, 0.717) is 12.6 Å². The third-order valence-electron chi connectivity index (χ3n) is 4.77. The van der Waals surface area contributed by atoms with E-state index in [-0.39, 0.29) is 11.9 Å². The normalized spacial score (nSPS) is 24.3. The smallest absolute Gasteiger partial charge is 0.237 e. The quantitative estimate of drug-likeness (QED) is 0.893. The lowest BCUT2D eigenvalue weighted by atomic mass is 10.0. The standard InChI is InChI=1S/C16H25N3OS/c1-12-6-10-21-15(12)11-18-16(20)14-3-2-9-19(14)13-4-7-17-8-5-13/h6,10,13-14,17H,2-5,7-9,11H2,1H3,(H,18,20). The van der Waals surface area contributed by atoms with Crippen LogP contribution in [0.3, 0.4) is 0 Å². The molecule has 0 spiro atoms. The van der Waals surface area contributed by atoms with E-state index in [1.807, 2.05) is 0 Å². The topological polar surface area (TPSA) is 44.4 Å². The second kappa shape index (κ2) is 6.90. The highest BCUT2D eigenvalue weighted by Crippen LogP contribution is 2.25. The number of nitrogens with zero attached hydrogens (tertiary/aromatic N) is 1. The van der Waals surface area contributed by atoms with Gasteiger partial charge in [-0.2, -0.15) is 0 Å². The molecule has 4 nitrogen and oxygen atoms in total. The highest BCUT2D eigenvalue weighted by molar-refractivity contribution is 7.10. The number of thiophene rings is 1. The Bertz CT molecular complexity index is 482. The SMILES string of the molecule is Cc1ccsc1CNC(=O)C1CCCN1C1CCNCC1. The van der Waals surface area contributed by atoms with Gasteiger partial charge in [0.25, 0.3) is 0 Å². The second-order valence-corrected chi connectivity index (χ2v) is 7.12. The lowest BCUT2D eigenvalue weighted by molar-refractivity contribution is -0.126. The summed E-state index contributed by atoms with van der Waals surface area (Å²) in [7, 11) is 0. The van der Waals surface area contributed by atoms with Crippen LogP contribution in [0.5, 0.6) is 0 Å². The van der Waals surface area contributed by atoms with Gasteiger partial charge in [-0.05, 0) is 69.3 Å². The van der Waals surface area contributed by atoms with Crippen LogP contribution in [0.1, 0.15) is 36.1 Å². The maximum Gasteiger partial charge on any atom is 0.237 e. The molecule has 3 rings (SSSR count). The van der Waals surface area contributed by atoms with Crippen LogP contribution in [0.2, 0.25) is 0 Å². The highest BCUT2D eigenvalue weighted by Gasteiger charge is 2.35. The number of amides is 1. The molecular weight excluding hydrogens is 282 g/mol. The van der Waals surface area contributed by atoms with E-state index in [4.69, 9.17) is 0 Å². The average Bonchev–Trinajstić information content (AvgIpc) is 3.15. The lowest BCUT2D eigenvalue weighted by Gasteiger charge is -2.35. The summed E-state index contributed by atoms with van der Waals surface area (Å²) in [6.45, 7) is 6.04. The van der Waals surface area contributed by atoms with Crippen molar-refractivity contribution in [1.29, 1.82) is 0 Å². The average molecular weight is 307 g/mol. The van der Waals surface area contributed by atoms with Gasteiger partial charge in [0.2, 0.25) is 5.91 Å². The van der Waals surface area contributed by atoms with Crippen molar-refractivity contribution in [3.8, 4) is 0 Å². The van der Waals surface area contributed by atoms with Gasteiger partial charge in [0.05, 0.1) is 12.6 Å². The monoisotopic (exact) mass is 307 g/mol. The van der Waals surface area contributed by atoms with E-state index in [0.717, 1.165) is 32.5 Å². The molecule has 0 aromatic carbocycles. The van der Waals surface area contributed by atoms with Crippen LogP contribution in [0, 0.1) is 6.92 Å². The maximum atomic E-state index is 12.5. The first-order valence-electron chi connectivity index (χ1n) is 8.03. The number of carbonyl (C=O) groups excluding carboxylic acids is 1. The van der Waals surface area contributed by atoms with Gasteiger partial charge < -0.3 is 10.6 Å². The highest BCUT2D eigenvalue weighted by atomic mass is 32.1. The molecule has 1 atom stereocenters. The number of hydrogen-bond acceptors (Lipinski definition) is 4. The van der Waals surface area contributed by atoms with Crippen LogP contribution >= 0.6 is 11.3 Å². The first-order chi connectivity index (χ1) is 10.3. The van der Waals surface area contributed by atoms with Crippen molar-refractivity contribution in [2.45, 2.75) is 51.2 Å². The molecule has 0 aliphatic carbocycles. The largest absolute Gasteiger partial charge is 0.350 e. The zero-order valence-electron chi connectivity index (χ0n) is 12.7. The Kier molecular flexibility index (Phi) is 4.93. The first-order valence-corrected chi connectivity index (χ1v) is 8.91. The molecule has 21 heavy (non-hydrogen) atoms. The number of nitrogens with one attached hydrogen (secondary N) is 2. The molecule has 0 radical (unpaired) electrons. The van der Waals surface area contributed by atoms with Gasteiger partial charge in [0.15, 0.2) is 0 Å². The Balaban J connectivity index is 1.56. The molecule has 5 heteroatoms. The number of rotatable bonds is 4. The third kappa shape index (κ3) is 3.47. The Morgan fingerprint density at radius 3 is 2.95 bits per heavy atom. The van der Waals surface area contributed by atoms with Crippen molar-refractivity contribution in [3.63, 3.8) is 0 Å². The molecular formula is C16H25N3OS. The summed E-state index contributed by atoms with van der Waals surface area (Å²) in [5.41, 5.74) is 1.28. The predicted molar refractivity (Wildman–Crippen MR) is 86.5 cm³/mol. The van der Waals surface area contributed by atoms with E-state index in [2.05, 4.69) is 33.9 Å². The molecule has 3 heterocycles. The van der Waals surface area contributed by atoms with Crippen LogP contribution in [0.25, 0.3) is 0 Å². The molecule has 2 aliphatic heterocycles. The van der Waals surface area contributed by atoms with Crippen molar-refractivity contribution in [1.82, 2.24) is 15.5 Å². The molecule has 0 bridgehead atoms. The van der Waals surface area contributed by atoms with Crippen LogP contribution in [0.4, 0.5) is 0 Å². The molecule has 1 amide bonds. The summed E-state index contributed by atoms with van der Waals surface area (Å²) >= 11 is 1.73. The van der Waals surface area contributed by atoms with Gasteiger partial charge in [0, 0.05) is 10.9 Å². The minimum Gasteiger partial charge on any atom is -0.350 e. The van der Waals surface area contributed by atoms with Gasteiger partial charge in [-0.3, -0.25) is 9.69 Å². The Morgan fingerprint density at radius 1 is 1.43 bits per heavy atom. The summed E-state index contributed by atoms with van der Waals surface area (Å²) < 4.78 is 0. The predicted octanol–water partition coefficient (Wildman–Crippen LogP) is 1.89. The van der Waals surface area contributed by atoms with E-state index < -0.39 is 0 Å². The summed E-state index contributed by atoms with van der Waals surface area (Å²) in [6, 6.07) is 2.80. The van der Waals surface area contributed by atoms with E-state index in [1.165, 1.54) is 23.3 Å². The molecule has 2 N–H and O–H groups in total. The van der Waals surface area contributed by atoms with Crippen molar-refractivity contribution in [2.24, 2.45) is 0 Å². The molecule has 1 aromatic rings. The zero-order valence-corrected chi connectivity index (χ0v) is 13.5. The fourth-order valence-electron chi connectivity index (χ4n) is 3.52. The fourth-order valence-corrected chi connectivity index (χ4v) is 4.36. The zero-order chi connectivity index (χ0) is 14.7. The minimum absolute atomic E-state index is 0.0911. The van der Waals surface area contributed by atoms with Crippen LogP contribution in [0.15, 0.2) is 11.4 Å². The van der Waals surface area contributed by atoms with E-state index in [9.17, 15) is 4.79 Å². The molecule has 0 saturated carbocycles.